The Morgan fingerprint density at radius 1 is 0.947 bits per heavy atom. The normalized spacial score (nSPS) is 10.6. The van der Waals surface area contributed by atoms with Gasteiger partial charge in [-0.3, -0.25) is 4.79 Å². The summed E-state index contributed by atoms with van der Waals surface area (Å²) >= 11 is 0. The highest BCUT2D eigenvalue weighted by Gasteiger charge is 1.99. The van der Waals surface area contributed by atoms with Crippen LogP contribution in [0.15, 0.2) is 54.6 Å². The molecule has 0 fully saturated rings. The van der Waals surface area contributed by atoms with Gasteiger partial charge in [0, 0.05) is 7.05 Å². The zero-order chi connectivity index (χ0) is 13.5. The van der Waals surface area contributed by atoms with Crippen molar-refractivity contribution in [3.8, 4) is 0 Å². The van der Waals surface area contributed by atoms with Gasteiger partial charge >= 0.3 is 0 Å². The number of carbonyl (C=O) groups is 1. The van der Waals surface area contributed by atoms with E-state index >= 15 is 0 Å². The van der Waals surface area contributed by atoms with Crippen LogP contribution in [0, 0.1) is 0 Å². The van der Waals surface area contributed by atoms with Gasteiger partial charge in [-0.25, -0.2) is 0 Å². The van der Waals surface area contributed by atoms with E-state index in [1.165, 1.54) is 5.56 Å². The summed E-state index contributed by atoms with van der Waals surface area (Å²) in [7, 11) is 1.65. The van der Waals surface area contributed by atoms with E-state index in [2.05, 4.69) is 29.6 Å². The van der Waals surface area contributed by atoms with Gasteiger partial charge < -0.3 is 5.32 Å². The Bertz CT molecular complexity index is 556. The van der Waals surface area contributed by atoms with Gasteiger partial charge in [-0.15, -0.1) is 0 Å². The van der Waals surface area contributed by atoms with Gasteiger partial charge in [0.15, 0.2) is 0 Å². The molecule has 0 saturated carbocycles. The van der Waals surface area contributed by atoms with Gasteiger partial charge in [0.05, 0.1) is 6.42 Å². The fourth-order valence-electron chi connectivity index (χ4n) is 1.78. The van der Waals surface area contributed by atoms with Gasteiger partial charge in [-0.1, -0.05) is 66.7 Å². The first-order valence-corrected chi connectivity index (χ1v) is 6.30. The van der Waals surface area contributed by atoms with Crippen molar-refractivity contribution in [3.63, 3.8) is 0 Å². The molecular weight excluding hydrogens is 234 g/mol. The van der Waals surface area contributed by atoms with E-state index < -0.39 is 0 Å². The zero-order valence-electron chi connectivity index (χ0n) is 11.0. The van der Waals surface area contributed by atoms with Crippen LogP contribution in [0.2, 0.25) is 0 Å². The van der Waals surface area contributed by atoms with Crippen molar-refractivity contribution in [2.75, 3.05) is 7.05 Å². The van der Waals surface area contributed by atoms with Crippen LogP contribution in [0.5, 0.6) is 0 Å². The van der Waals surface area contributed by atoms with Crippen molar-refractivity contribution in [1.29, 1.82) is 0 Å². The predicted octanol–water partition coefficient (Wildman–Crippen LogP) is 3.15. The topological polar surface area (TPSA) is 29.1 Å². The minimum atomic E-state index is 0.0348. The van der Waals surface area contributed by atoms with Crippen molar-refractivity contribution in [3.05, 3.63) is 71.3 Å². The maximum Gasteiger partial charge on any atom is 0.224 e. The molecule has 0 aliphatic heterocycles. The lowest BCUT2D eigenvalue weighted by atomic mass is 10.1. The summed E-state index contributed by atoms with van der Waals surface area (Å²) in [5, 5.41) is 2.62. The summed E-state index contributed by atoms with van der Waals surface area (Å²) in [5.74, 6) is 0.0348. The molecule has 2 aromatic carbocycles. The Morgan fingerprint density at radius 2 is 1.53 bits per heavy atom. The SMILES string of the molecule is CNC(=O)Cc1ccc(/C=C/c2ccccc2)cc1. The highest BCUT2D eigenvalue weighted by molar-refractivity contribution is 5.78. The van der Waals surface area contributed by atoms with E-state index in [9.17, 15) is 4.79 Å². The van der Waals surface area contributed by atoms with E-state index in [0.717, 1.165) is 11.1 Å². The van der Waals surface area contributed by atoms with Gasteiger partial charge in [0.1, 0.15) is 0 Å². The van der Waals surface area contributed by atoms with Crippen LogP contribution < -0.4 is 5.32 Å². The Balaban J connectivity index is 2.03. The fourth-order valence-corrected chi connectivity index (χ4v) is 1.78. The van der Waals surface area contributed by atoms with Crippen molar-refractivity contribution < 1.29 is 4.79 Å². The highest BCUT2D eigenvalue weighted by atomic mass is 16.1. The molecule has 0 atom stereocenters. The molecule has 0 heterocycles. The van der Waals surface area contributed by atoms with Gasteiger partial charge in [-0.05, 0) is 16.7 Å². The number of hydrogen-bond acceptors (Lipinski definition) is 1. The number of amides is 1. The lowest BCUT2D eigenvalue weighted by Crippen LogP contribution is -2.19. The van der Waals surface area contributed by atoms with Gasteiger partial charge in [0.25, 0.3) is 0 Å². The number of carbonyl (C=O) groups excluding carboxylic acids is 1. The Morgan fingerprint density at radius 3 is 2.11 bits per heavy atom. The molecule has 0 spiro atoms. The third-order valence-electron chi connectivity index (χ3n) is 2.89. The van der Waals surface area contributed by atoms with E-state index in [1.54, 1.807) is 7.05 Å². The van der Waals surface area contributed by atoms with Crippen molar-refractivity contribution in [2.24, 2.45) is 0 Å². The summed E-state index contributed by atoms with van der Waals surface area (Å²) in [6.07, 6.45) is 4.58. The molecule has 2 aromatic rings. The second kappa shape index (κ2) is 6.55. The minimum Gasteiger partial charge on any atom is -0.359 e. The largest absolute Gasteiger partial charge is 0.359 e. The standard InChI is InChI=1S/C17H17NO/c1-18-17(19)13-16-11-9-15(10-12-16)8-7-14-5-3-2-4-6-14/h2-12H,13H2,1H3,(H,18,19)/b8-7+. The fraction of sp³-hybridized carbons (Fsp3) is 0.118. The summed E-state index contributed by atoms with van der Waals surface area (Å²) in [6.45, 7) is 0. The molecule has 2 rings (SSSR count). The van der Waals surface area contributed by atoms with Crippen LogP contribution in [0.25, 0.3) is 12.2 Å². The molecule has 0 saturated heterocycles. The van der Waals surface area contributed by atoms with Gasteiger partial charge in [-0.2, -0.15) is 0 Å². The van der Waals surface area contributed by atoms with Crippen LogP contribution in [-0.4, -0.2) is 13.0 Å². The first-order valence-electron chi connectivity index (χ1n) is 6.30. The number of nitrogens with one attached hydrogen (secondary N) is 1. The molecule has 0 aromatic heterocycles. The van der Waals surface area contributed by atoms with Gasteiger partial charge in [0.2, 0.25) is 5.91 Å². The van der Waals surface area contributed by atoms with E-state index in [1.807, 2.05) is 42.5 Å². The number of benzene rings is 2. The second-order valence-electron chi connectivity index (χ2n) is 4.34. The second-order valence-corrected chi connectivity index (χ2v) is 4.34. The number of hydrogen-bond donors (Lipinski definition) is 1. The number of rotatable bonds is 4. The maximum absolute atomic E-state index is 11.3. The van der Waals surface area contributed by atoms with Crippen LogP contribution in [-0.2, 0) is 11.2 Å². The molecule has 1 amide bonds. The molecule has 0 unspecified atom stereocenters. The Kier molecular flexibility index (Phi) is 4.51. The summed E-state index contributed by atoms with van der Waals surface area (Å²) in [4.78, 5) is 11.3. The average Bonchev–Trinajstić information content (AvgIpc) is 2.47. The molecular formula is C17H17NO. The summed E-state index contributed by atoms with van der Waals surface area (Å²) in [6, 6.07) is 18.2. The van der Waals surface area contributed by atoms with Crippen molar-refractivity contribution in [1.82, 2.24) is 5.32 Å². The molecule has 2 heteroatoms. The Labute approximate surface area is 113 Å². The Hall–Kier alpha value is -2.35. The minimum absolute atomic E-state index is 0.0348. The molecule has 0 radical (unpaired) electrons. The van der Waals surface area contributed by atoms with Crippen molar-refractivity contribution >= 4 is 18.1 Å². The molecule has 19 heavy (non-hydrogen) atoms. The monoisotopic (exact) mass is 251 g/mol. The summed E-state index contributed by atoms with van der Waals surface area (Å²) < 4.78 is 0. The lowest BCUT2D eigenvalue weighted by Gasteiger charge is -2.01. The molecule has 0 bridgehead atoms. The predicted molar refractivity (Wildman–Crippen MR) is 79.6 cm³/mol. The average molecular weight is 251 g/mol. The van der Waals surface area contributed by atoms with E-state index in [4.69, 9.17) is 0 Å². The zero-order valence-corrected chi connectivity index (χ0v) is 11.0. The van der Waals surface area contributed by atoms with Crippen molar-refractivity contribution in [2.45, 2.75) is 6.42 Å². The quantitative estimate of drug-likeness (QED) is 0.831. The number of likely N-dealkylation sites (N-methyl/N-ethyl adjacent to an activating group) is 1. The molecule has 1 N–H and O–H groups in total. The van der Waals surface area contributed by atoms with Crippen LogP contribution in [0.4, 0.5) is 0 Å². The molecule has 0 aliphatic carbocycles. The molecule has 96 valence electrons. The highest BCUT2D eigenvalue weighted by Crippen LogP contribution is 2.10. The van der Waals surface area contributed by atoms with Crippen LogP contribution in [0.1, 0.15) is 16.7 Å². The van der Waals surface area contributed by atoms with Crippen LogP contribution in [0.3, 0.4) is 0 Å². The maximum atomic E-state index is 11.3. The summed E-state index contributed by atoms with van der Waals surface area (Å²) in [5.41, 5.74) is 3.33. The first kappa shape index (κ1) is 13.1. The molecule has 2 nitrogen and oxygen atoms in total. The van der Waals surface area contributed by atoms with E-state index in [-0.39, 0.29) is 5.91 Å². The first-order chi connectivity index (χ1) is 9.28. The third-order valence-corrected chi connectivity index (χ3v) is 2.89. The van der Waals surface area contributed by atoms with E-state index in [0.29, 0.717) is 6.42 Å². The molecule has 0 aliphatic rings. The smallest absolute Gasteiger partial charge is 0.224 e. The lowest BCUT2D eigenvalue weighted by molar-refractivity contribution is -0.119. The van der Waals surface area contributed by atoms with Crippen LogP contribution >= 0.6 is 0 Å². The third kappa shape index (κ3) is 4.11.